The zero-order valence-corrected chi connectivity index (χ0v) is 20.5. The fraction of sp³-hybridized carbons (Fsp3) is 0.280. The van der Waals surface area contributed by atoms with Crippen molar-refractivity contribution in [1.29, 1.82) is 0 Å². The Morgan fingerprint density at radius 3 is 2.61 bits per heavy atom. The van der Waals surface area contributed by atoms with Gasteiger partial charge in [0.05, 0.1) is 28.8 Å². The van der Waals surface area contributed by atoms with Crippen LogP contribution in [-0.2, 0) is 6.61 Å². The highest BCUT2D eigenvalue weighted by molar-refractivity contribution is 7.80. The van der Waals surface area contributed by atoms with E-state index in [0.717, 1.165) is 32.4 Å². The molecule has 0 bridgehead atoms. The zero-order valence-electron chi connectivity index (χ0n) is 19.7. The number of piperidine rings is 1. The molecule has 188 valence electrons. The first-order valence-corrected chi connectivity index (χ1v) is 11.8. The number of carbonyl (C=O) groups is 1. The van der Waals surface area contributed by atoms with Crippen molar-refractivity contribution >= 4 is 40.3 Å². The van der Waals surface area contributed by atoms with E-state index >= 15 is 0 Å². The fourth-order valence-corrected chi connectivity index (χ4v) is 4.35. The Morgan fingerprint density at radius 1 is 1.17 bits per heavy atom. The molecule has 2 aromatic carbocycles. The number of nitrogens with one attached hydrogen (secondary N) is 2. The van der Waals surface area contributed by atoms with E-state index in [-0.39, 0.29) is 23.0 Å². The van der Waals surface area contributed by atoms with Gasteiger partial charge in [-0.1, -0.05) is 0 Å². The Morgan fingerprint density at radius 2 is 1.94 bits per heavy atom. The molecule has 0 radical (unpaired) electrons. The van der Waals surface area contributed by atoms with E-state index in [0.29, 0.717) is 34.2 Å². The van der Waals surface area contributed by atoms with Gasteiger partial charge in [-0.15, -0.1) is 0 Å². The van der Waals surface area contributed by atoms with Crippen LogP contribution in [0, 0.1) is 10.1 Å². The van der Waals surface area contributed by atoms with Gasteiger partial charge in [-0.25, -0.2) is 0 Å². The average molecular weight is 511 g/mol. The van der Waals surface area contributed by atoms with Crippen LogP contribution >= 0.6 is 12.2 Å². The van der Waals surface area contributed by atoms with Crippen molar-refractivity contribution in [3.63, 3.8) is 0 Å². The monoisotopic (exact) mass is 510 g/mol. The molecule has 1 saturated heterocycles. The highest BCUT2D eigenvalue weighted by Crippen LogP contribution is 2.34. The second kappa shape index (κ2) is 11.2. The Labute approximate surface area is 213 Å². The van der Waals surface area contributed by atoms with Crippen molar-refractivity contribution in [2.24, 2.45) is 0 Å². The number of anilines is 2. The number of aliphatic hydroxyl groups is 1. The maximum absolute atomic E-state index is 13.1. The molecule has 10 nitrogen and oxygen atoms in total. The second-order valence-corrected chi connectivity index (χ2v) is 8.66. The fourth-order valence-electron chi connectivity index (χ4n) is 4.14. The normalized spacial score (nSPS) is 13.2. The van der Waals surface area contributed by atoms with Crippen molar-refractivity contribution < 1.29 is 24.0 Å². The van der Waals surface area contributed by atoms with E-state index in [1.165, 1.54) is 19.2 Å². The van der Waals surface area contributed by atoms with Crippen molar-refractivity contribution in [1.82, 2.24) is 5.32 Å². The molecule has 0 saturated carbocycles. The Bertz CT molecular complexity index is 1290. The topological polar surface area (TPSA) is 130 Å². The van der Waals surface area contributed by atoms with Crippen LogP contribution in [0.2, 0.25) is 0 Å². The largest absolute Gasteiger partial charge is 0.496 e. The quantitative estimate of drug-likeness (QED) is 0.239. The third-order valence-electron chi connectivity index (χ3n) is 5.90. The number of ether oxygens (including phenoxy) is 1. The molecule has 1 amide bonds. The smallest absolute Gasteiger partial charge is 0.270 e. The molecule has 1 aliphatic rings. The number of nitro groups is 1. The van der Waals surface area contributed by atoms with Crippen LogP contribution in [-0.4, -0.2) is 41.2 Å². The summed E-state index contributed by atoms with van der Waals surface area (Å²) < 4.78 is 11.1. The Kier molecular flexibility index (Phi) is 7.81. The Hall–Kier alpha value is -3.96. The molecule has 2 heterocycles. The van der Waals surface area contributed by atoms with Gasteiger partial charge in [-0.3, -0.25) is 20.2 Å². The van der Waals surface area contributed by atoms with Gasteiger partial charge in [-0.2, -0.15) is 0 Å². The molecule has 1 aromatic heterocycles. The molecule has 36 heavy (non-hydrogen) atoms. The second-order valence-electron chi connectivity index (χ2n) is 8.25. The molecule has 0 atom stereocenters. The third kappa shape index (κ3) is 5.64. The number of furan rings is 1. The molecule has 3 N–H and O–H groups in total. The van der Waals surface area contributed by atoms with Gasteiger partial charge in [0.2, 0.25) is 0 Å². The summed E-state index contributed by atoms with van der Waals surface area (Å²) in [5.74, 6) is 0.934. The summed E-state index contributed by atoms with van der Waals surface area (Å²) >= 11 is 5.34. The van der Waals surface area contributed by atoms with Gasteiger partial charge in [0.15, 0.2) is 5.11 Å². The van der Waals surface area contributed by atoms with E-state index in [4.69, 9.17) is 21.4 Å². The summed E-state index contributed by atoms with van der Waals surface area (Å²) in [6.45, 7) is 1.35. The van der Waals surface area contributed by atoms with Crippen LogP contribution in [0.4, 0.5) is 17.1 Å². The number of rotatable bonds is 7. The summed E-state index contributed by atoms with van der Waals surface area (Å²) in [5, 5.41) is 26.2. The highest BCUT2D eigenvalue weighted by atomic mass is 32.1. The van der Waals surface area contributed by atoms with Crippen LogP contribution in [0.5, 0.6) is 5.75 Å². The highest BCUT2D eigenvalue weighted by Gasteiger charge is 2.22. The zero-order chi connectivity index (χ0) is 25.7. The lowest BCUT2D eigenvalue weighted by molar-refractivity contribution is -0.384. The molecular formula is C25H26N4O6S. The lowest BCUT2D eigenvalue weighted by atomic mass is 10.1. The summed E-state index contributed by atoms with van der Waals surface area (Å²) in [6, 6.07) is 12.9. The van der Waals surface area contributed by atoms with E-state index in [9.17, 15) is 20.0 Å². The molecule has 0 unspecified atom stereocenters. The molecule has 11 heteroatoms. The minimum absolute atomic E-state index is 0.0338. The summed E-state index contributed by atoms with van der Waals surface area (Å²) in [4.78, 5) is 26.0. The average Bonchev–Trinajstić information content (AvgIpc) is 3.37. The lowest BCUT2D eigenvalue weighted by Gasteiger charge is -2.30. The predicted octanol–water partition coefficient (Wildman–Crippen LogP) is 4.47. The number of hydrogen-bond acceptors (Lipinski definition) is 8. The number of amides is 1. The third-order valence-corrected chi connectivity index (χ3v) is 6.11. The molecule has 1 aliphatic heterocycles. The van der Waals surface area contributed by atoms with Crippen LogP contribution < -0.4 is 20.3 Å². The maximum Gasteiger partial charge on any atom is 0.270 e. The molecule has 1 fully saturated rings. The van der Waals surface area contributed by atoms with E-state index in [1.54, 1.807) is 36.4 Å². The molecule has 4 rings (SSSR count). The molecule has 0 spiro atoms. The van der Waals surface area contributed by atoms with Crippen LogP contribution in [0.3, 0.4) is 0 Å². The van der Waals surface area contributed by atoms with E-state index < -0.39 is 10.8 Å². The summed E-state index contributed by atoms with van der Waals surface area (Å²) in [6.07, 6.45) is 3.11. The lowest BCUT2D eigenvalue weighted by Crippen LogP contribution is -2.36. The standard InChI is InChI=1S/C25H26N4O6S/c1-34-23-13-16(5-8-19(23)22-10-7-18(15-30)35-22)26-25(36)27-24(31)20-14-17(29(32)33)6-9-21(20)28-11-3-2-4-12-28/h5-10,13-14,30H,2-4,11-12,15H2,1H3,(H2,26,27,31,36). The van der Waals surface area contributed by atoms with Crippen molar-refractivity contribution in [3.05, 3.63) is 70.0 Å². The summed E-state index contributed by atoms with van der Waals surface area (Å²) in [5.41, 5.74) is 1.92. The maximum atomic E-state index is 13.1. The van der Waals surface area contributed by atoms with Gasteiger partial charge >= 0.3 is 0 Å². The molecule has 0 aliphatic carbocycles. The number of benzene rings is 2. The van der Waals surface area contributed by atoms with Gasteiger partial charge in [0.1, 0.15) is 23.9 Å². The molecular weight excluding hydrogens is 484 g/mol. The van der Waals surface area contributed by atoms with E-state index in [2.05, 4.69) is 15.5 Å². The predicted molar refractivity (Wildman–Crippen MR) is 139 cm³/mol. The number of non-ortho nitro benzene ring substituents is 1. The van der Waals surface area contributed by atoms with Crippen LogP contribution in [0.15, 0.2) is 52.9 Å². The van der Waals surface area contributed by atoms with Crippen molar-refractivity contribution in [2.45, 2.75) is 25.9 Å². The van der Waals surface area contributed by atoms with Gasteiger partial charge < -0.3 is 24.5 Å². The number of thiocarbonyl (C=S) groups is 1. The first kappa shape index (κ1) is 25.1. The van der Waals surface area contributed by atoms with Gasteiger partial charge in [0, 0.05) is 37.0 Å². The van der Waals surface area contributed by atoms with Crippen molar-refractivity contribution in [2.75, 3.05) is 30.4 Å². The van der Waals surface area contributed by atoms with Crippen LogP contribution in [0.25, 0.3) is 11.3 Å². The Balaban J connectivity index is 1.51. The van der Waals surface area contributed by atoms with E-state index in [1.807, 2.05) is 0 Å². The number of aliphatic hydroxyl groups excluding tert-OH is 1. The number of carbonyl (C=O) groups excluding carboxylic acids is 1. The number of hydrogen-bond donors (Lipinski definition) is 3. The van der Waals surface area contributed by atoms with Gasteiger partial charge in [-0.05, 0) is 61.8 Å². The SMILES string of the molecule is COc1cc(NC(=S)NC(=O)c2cc([N+](=O)[O-])ccc2N2CCCCC2)ccc1-c1ccc(CO)o1. The van der Waals surface area contributed by atoms with Gasteiger partial charge in [0.25, 0.3) is 11.6 Å². The number of nitro benzene ring substituents is 1. The number of methoxy groups -OCH3 is 1. The van der Waals surface area contributed by atoms with Crippen LogP contribution in [0.1, 0.15) is 35.4 Å². The summed E-state index contributed by atoms with van der Waals surface area (Å²) in [7, 11) is 1.52. The first-order chi connectivity index (χ1) is 17.4. The molecule has 3 aromatic rings. The number of nitrogens with zero attached hydrogens (tertiary/aromatic N) is 2. The van der Waals surface area contributed by atoms with Crippen molar-refractivity contribution in [3.8, 4) is 17.1 Å². The minimum atomic E-state index is -0.535. The first-order valence-electron chi connectivity index (χ1n) is 11.4. The minimum Gasteiger partial charge on any atom is -0.496 e.